The van der Waals surface area contributed by atoms with E-state index in [4.69, 9.17) is 9.47 Å². The Bertz CT molecular complexity index is 925. The zero-order chi connectivity index (χ0) is 19.7. The highest BCUT2D eigenvalue weighted by molar-refractivity contribution is 5.21. The second kappa shape index (κ2) is 13.4. The van der Waals surface area contributed by atoms with E-state index in [2.05, 4.69) is 55.7 Å². The summed E-state index contributed by atoms with van der Waals surface area (Å²) in [5.74, 6) is 1.81. The standard InChI is InChI=1S/C23H26N4O2.2HI/c1-3-7-22(8-4-1)28-17-15-24-11-13-26(19-24)21-27-14-12-25(20-27)16-18-29-23-9-5-2-6-10-23;;/h1-14,19-20H,15-18,21H2;2*1H/q+2;;/p-2. The Morgan fingerprint density at radius 1 is 0.613 bits per heavy atom. The van der Waals surface area contributed by atoms with Gasteiger partial charge in [-0.25, -0.2) is 9.13 Å². The number of hydrogen-bond acceptors (Lipinski definition) is 2. The Labute approximate surface area is 217 Å². The number of benzene rings is 2. The summed E-state index contributed by atoms with van der Waals surface area (Å²) in [5, 5.41) is 0. The third-order valence-corrected chi connectivity index (χ3v) is 4.54. The van der Waals surface area contributed by atoms with Crippen LogP contribution in [0.2, 0.25) is 0 Å². The fourth-order valence-corrected chi connectivity index (χ4v) is 3.07. The molecule has 0 amide bonds. The first-order valence-electron chi connectivity index (χ1n) is 9.80. The van der Waals surface area contributed by atoms with Crippen LogP contribution in [0.4, 0.5) is 0 Å². The number of imidazole rings is 2. The minimum Gasteiger partial charge on any atom is -1.00 e. The number of nitrogens with zero attached hydrogens (tertiary/aromatic N) is 4. The maximum absolute atomic E-state index is 5.76. The van der Waals surface area contributed by atoms with E-state index in [0.29, 0.717) is 13.2 Å². The zero-order valence-electron chi connectivity index (χ0n) is 17.1. The first-order chi connectivity index (χ1) is 14.3. The third kappa shape index (κ3) is 8.17. The molecular weight excluding hydrogens is 618 g/mol. The largest absolute Gasteiger partial charge is 1.00 e. The Kier molecular flexibility index (Phi) is 10.9. The van der Waals surface area contributed by atoms with Crippen LogP contribution in [0.15, 0.2) is 98.1 Å². The predicted molar refractivity (Wildman–Crippen MR) is 109 cm³/mol. The van der Waals surface area contributed by atoms with Gasteiger partial charge in [-0.05, 0) is 24.3 Å². The average molecular weight is 644 g/mol. The van der Waals surface area contributed by atoms with E-state index in [9.17, 15) is 0 Å². The Morgan fingerprint density at radius 2 is 1.03 bits per heavy atom. The highest BCUT2D eigenvalue weighted by Crippen LogP contribution is 2.08. The van der Waals surface area contributed by atoms with Crippen LogP contribution in [-0.2, 0) is 19.8 Å². The molecule has 0 saturated heterocycles. The van der Waals surface area contributed by atoms with Crippen molar-refractivity contribution in [1.29, 1.82) is 0 Å². The summed E-state index contributed by atoms with van der Waals surface area (Å²) < 4.78 is 20.1. The molecule has 6 nitrogen and oxygen atoms in total. The first kappa shape index (κ1) is 25.2. The van der Waals surface area contributed by atoms with E-state index in [1.54, 1.807) is 0 Å². The summed E-state index contributed by atoms with van der Waals surface area (Å²) in [5.41, 5.74) is 0. The molecule has 8 heteroatoms. The summed E-state index contributed by atoms with van der Waals surface area (Å²) in [4.78, 5) is 0. The predicted octanol–water partition coefficient (Wildman–Crippen LogP) is -3.46. The maximum atomic E-state index is 5.76. The molecule has 0 unspecified atom stereocenters. The van der Waals surface area contributed by atoms with Gasteiger partial charge in [0.15, 0.2) is 0 Å². The molecule has 0 aliphatic heterocycles. The molecule has 0 aliphatic carbocycles. The number of aromatic nitrogens is 4. The molecule has 0 saturated carbocycles. The van der Waals surface area contributed by atoms with Gasteiger partial charge in [0, 0.05) is 0 Å². The normalized spacial score (nSPS) is 10.1. The number of rotatable bonds is 10. The smallest absolute Gasteiger partial charge is 0.247 e. The van der Waals surface area contributed by atoms with Crippen molar-refractivity contribution >= 4 is 0 Å². The fraction of sp³-hybridized carbons (Fsp3) is 0.217. The van der Waals surface area contributed by atoms with Crippen molar-refractivity contribution in [3.63, 3.8) is 0 Å². The fourth-order valence-electron chi connectivity index (χ4n) is 3.07. The number of halogens is 2. The zero-order valence-corrected chi connectivity index (χ0v) is 21.4. The van der Waals surface area contributed by atoms with Crippen LogP contribution in [0.25, 0.3) is 0 Å². The number of ether oxygens (including phenoxy) is 2. The molecule has 2 aromatic carbocycles. The lowest BCUT2D eigenvalue weighted by Crippen LogP contribution is -3.00. The summed E-state index contributed by atoms with van der Waals surface area (Å²) in [6.07, 6.45) is 12.5. The molecule has 0 atom stereocenters. The Hall–Kier alpha value is -2.08. The molecule has 0 radical (unpaired) electrons. The van der Waals surface area contributed by atoms with Crippen LogP contribution in [0.5, 0.6) is 11.5 Å². The SMILES string of the molecule is [I-].[I-].c1ccc(OCCn2cc[n+](C[n+]3ccn(CCOc4ccccc4)c3)c2)cc1. The van der Waals surface area contributed by atoms with Gasteiger partial charge in [-0.3, -0.25) is 0 Å². The van der Waals surface area contributed by atoms with Crippen molar-refractivity contribution in [1.82, 2.24) is 9.13 Å². The highest BCUT2D eigenvalue weighted by atomic mass is 127. The van der Waals surface area contributed by atoms with E-state index < -0.39 is 0 Å². The molecular formula is C23H26I2N4O2. The van der Waals surface area contributed by atoms with Crippen molar-refractivity contribution in [3.8, 4) is 11.5 Å². The molecule has 31 heavy (non-hydrogen) atoms. The van der Waals surface area contributed by atoms with Gasteiger partial charge in [-0.2, -0.15) is 9.13 Å². The Morgan fingerprint density at radius 3 is 1.45 bits per heavy atom. The topological polar surface area (TPSA) is 36.1 Å². The maximum Gasteiger partial charge on any atom is 0.247 e. The first-order valence-corrected chi connectivity index (χ1v) is 9.80. The average Bonchev–Trinajstić information content (AvgIpc) is 3.39. The molecule has 2 heterocycles. The molecule has 4 aromatic rings. The van der Waals surface area contributed by atoms with Crippen LogP contribution < -0.4 is 66.6 Å². The van der Waals surface area contributed by atoms with Gasteiger partial charge in [0.25, 0.3) is 0 Å². The number of hydrogen-bond donors (Lipinski definition) is 0. The van der Waals surface area contributed by atoms with E-state index in [0.717, 1.165) is 31.3 Å². The van der Waals surface area contributed by atoms with Crippen LogP contribution in [0, 0.1) is 0 Å². The Balaban J connectivity index is 0.00000171. The minimum atomic E-state index is 0. The summed E-state index contributed by atoms with van der Waals surface area (Å²) in [7, 11) is 0. The second-order valence-corrected chi connectivity index (χ2v) is 6.80. The van der Waals surface area contributed by atoms with E-state index >= 15 is 0 Å². The van der Waals surface area contributed by atoms with Gasteiger partial charge in [-0.1, -0.05) is 36.4 Å². The summed E-state index contributed by atoms with van der Waals surface area (Å²) in [6, 6.07) is 19.8. The van der Waals surface area contributed by atoms with Gasteiger partial charge < -0.3 is 57.4 Å². The third-order valence-electron chi connectivity index (χ3n) is 4.54. The second-order valence-electron chi connectivity index (χ2n) is 6.80. The summed E-state index contributed by atoms with van der Waals surface area (Å²) >= 11 is 0. The molecule has 2 aromatic heterocycles. The van der Waals surface area contributed by atoms with E-state index in [1.165, 1.54) is 0 Å². The molecule has 0 spiro atoms. The van der Waals surface area contributed by atoms with Gasteiger partial charge in [-0.15, -0.1) is 0 Å². The quantitative estimate of drug-likeness (QED) is 0.133. The van der Waals surface area contributed by atoms with Gasteiger partial charge in [0.05, 0.1) is 0 Å². The monoisotopic (exact) mass is 644 g/mol. The van der Waals surface area contributed by atoms with Crippen LogP contribution in [0.1, 0.15) is 0 Å². The molecule has 0 bridgehead atoms. The van der Waals surface area contributed by atoms with E-state index in [-0.39, 0.29) is 48.0 Å². The molecule has 164 valence electrons. The van der Waals surface area contributed by atoms with E-state index in [1.807, 2.05) is 60.7 Å². The van der Waals surface area contributed by atoms with Crippen molar-refractivity contribution in [2.24, 2.45) is 0 Å². The van der Waals surface area contributed by atoms with Gasteiger partial charge >= 0.3 is 0 Å². The number of para-hydroxylation sites is 2. The lowest BCUT2D eigenvalue weighted by Gasteiger charge is -2.03. The van der Waals surface area contributed by atoms with Crippen molar-refractivity contribution < 1.29 is 66.6 Å². The lowest BCUT2D eigenvalue weighted by atomic mass is 10.3. The van der Waals surface area contributed by atoms with Crippen molar-refractivity contribution in [3.05, 3.63) is 98.1 Å². The van der Waals surface area contributed by atoms with Crippen LogP contribution in [-0.4, -0.2) is 22.3 Å². The van der Waals surface area contributed by atoms with Crippen LogP contribution in [0.3, 0.4) is 0 Å². The lowest BCUT2D eigenvalue weighted by molar-refractivity contribution is -0.912. The summed E-state index contributed by atoms with van der Waals surface area (Å²) in [6.45, 7) is 3.67. The van der Waals surface area contributed by atoms with Gasteiger partial charge in [0.2, 0.25) is 19.3 Å². The molecule has 4 rings (SSSR count). The minimum absolute atomic E-state index is 0. The van der Waals surface area contributed by atoms with Crippen LogP contribution >= 0.6 is 0 Å². The van der Waals surface area contributed by atoms with Gasteiger partial charge in [0.1, 0.15) is 62.6 Å². The highest BCUT2D eigenvalue weighted by Gasteiger charge is 2.09. The van der Waals surface area contributed by atoms with Crippen molar-refractivity contribution in [2.45, 2.75) is 19.8 Å². The molecule has 0 fully saturated rings. The molecule has 0 N–H and O–H groups in total. The van der Waals surface area contributed by atoms with Crippen molar-refractivity contribution in [2.75, 3.05) is 13.2 Å². The molecule has 0 aliphatic rings.